The molecule has 0 unspecified atom stereocenters. The van der Waals surface area contributed by atoms with Gasteiger partial charge in [0.15, 0.2) is 11.0 Å². The standard InChI is InChI=1S/C20H23N3O2S/c1-5-23-19(15-7-9-17(24-3)10-8-15)21-22-20(23)26-13-16-12-14(2)6-11-18(16)25-4/h6-12H,5,13H2,1-4H3. The van der Waals surface area contributed by atoms with Crippen LogP contribution in [0.15, 0.2) is 47.6 Å². The molecule has 0 atom stereocenters. The largest absolute Gasteiger partial charge is 0.497 e. The van der Waals surface area contributed by atoms with Gasteiger partial charge in [0.1, 0.15) is 11.5 Å². The fourth-order valence-corrected chi connectivity index (χ4v) is 3.78. The van der Waals surface area contributed by atoms with Crippen LogP contribution in [0, 0.1) is 6.92 Å². The van der Waals surface area contributed by atoms with Crippen molar-refractivity contribution < 1.29 is 9.47 Å². The fourth-order valence-electron chi connectivity index (χ4n) is 2.80. The van der Waals surface area contributed by atoms with Crippen LogP contribution in [-0.2, 0) is 12.3 Å². The van der Waals surface area contributed by atoms with Crippen molar-refractivity contribution in [1.82, 2.24) is 14.8 Å². The van der Waals surface area contributed by atoms with Gasteiger partial charge in [0.2, 0.25) is 0 Å². The summed E-state index contributed by atoms with van der Waals surface area (Å²) in [5, 5.41) is 9.71. The van der Waals surface area contributed by atoms with Crippen molar-refractivity contribution in [3.8, 4) is 22.9 Å². The Bertz CT molecular complexity index is 875. The first kappa shape index (κ1) is 18.3. The van der Waals surface area contributed by atoms with E-state index >= 15 is 0 Å². The third-order valence-corrected chi connectivity index (χ3v) is 5.19. The lowest BCUT2D eigenvalue weighted by Crippen LogP contribution is -2.00. The summed E-state index contributed by atoms with van der Waals surface area (Å²) in [6.07, 6.45) is 0. The SMILES string of the molecule is CCn1c(SCc2cc(C)ccc2OC)nnc1-c1ccc(OC)cc1. The number of hydrogen-bond acceptors (Lipinski definition) is 5. The minimum Gasteiger partial charge on any atom is -0.497 e. The van der Waals surface area contributed by atoms with E-state index in [2.05, 4.69) is 40.7 Å². The van der Waals surface area contributed by atoms with E-state index in [1.165, 1.54) is 5.56 Å². The van der Waals surface area contributed by atoms with Gasteiger partial charge in [-0.25, -0.2) is 0 Å². The molecule has 0 radical (unpaired) electrons. The second-order valence-electron chi connectivity index (χ2n) is 5.88. The molecule has 0 aliphatic carbocycles. The van der Waals surface area contributed by atoms with Crippen LogP contribution in [0.25, 0.3) is 11.4 Å². The average molecular weight is 369 g/mol. The van der Waals surface area contributed by atoms with Crippen LogP contribution in [0.5, 0.6) is 11.5 Å². The van der Waals surface area contributed by atoms with Gasteiger partial charge in [-0.2, -0.15) is 0 Å². The lowest BCUT2D eigenvalue weighted by molar-refractivity contribution is 0.411. The van der Waals surface area contributed by atoms with Crippen LogP contribution in [0.4, 0.5) is 0 Å². The summed E-state index contributed by atoms with van der Waals surface area (Å²) in [6, 6.07) is 14.1. The van der Waals surface area contributed by atoms with Crippen molar-refractivity contribution in [1.29, 1.82) is 0 Å². The molecule has 0 bridgehead atoms. The predicted molar refractivity (Wildman–Crippen MR) is 105 cm³/mol. The Morgan fingerprint density at radius 2 is 1.77 bits per heavy atom. The molecule has 26 heavy (non-hydrogen) atoms. The number of rotatable bonds is 7. The maximum atomic E-state index is 5.47. The Morgan fingerprint density at radius 1 is 1.00 bits per heavy atom. The number of ether oxygens (including phenoxy) is 2. The highest BCUT2D eigenvalue weighted by molar-refractivity contribution is 7.98. The van der Waals surface area contributed by atoms with Gasteiger partial charge >= 0.3 is 0 Å². The highest BCUT2D eigenvalue weighted by Crippen LogP contribution is 2.30. The molecule has 0 saturated heterocycles. The molecule has 0 saturated carbocycles. The molecule has 0 N–H and O–H groups in total. The van der Waals surface area contributed by atoms with Gasteiger partial charge in [-0.1, -0.05) is 29.5 Å². The summed E-state index contributed by atoms with van der Waals surface area (Å²) in [7, 11) is 3.37. The van der Waals surface area contributed by atoms with Crippen LogP contribution in [0.3, 0.4) is 0 Å². The molecule has 3 rings (SSSR count). The van der Waals surface area contributed by atoms with Crippen LogP contribution >= 0.6 is 11.8 Å². The summed E-state index contributed by atoms with van der Waals surface area (Å²) in [6.45, 7) is 5.00. The topological polar surface area (TPSA) is 49.2 Å². The van der Waals surface area contributed by atoms with E-state index in [4.69, 9.17) is 9.47 Å². The smallest absolute Gasteiger partial charge is 0.191 e. The van der Waals surface area contributed by atoms with Gasteiger partial charge in [0.25, 0.3) is 0 Å². The van der Waals surface area contributed by atoms with Gasteiger partial charge in [-0.15, -0.1) is 10.2 Å². The summed E-state index contributed by atoms with van der Waals surface area (Å²) in [5.74, 6) is 3.39. The zero-order valence-electron chi connectivity index (χ0n) is 15.5. The zero-order chi connectivity index (χ0) is 18.5. The highest BCUT2D eigenvalue weighted by atomic mass is 32.2. The van der Waals surface area contributed by atoms with Gasteiger partial charge < -0.3 is 14.0 Å². The Balaban J connectivity index is 1.83. The molecular formula is C20H23N3O2S. The number of nitrogens with zero attached hydrogens (tertiary/aromatic N) is 3. The molecule has 1 aromatic heterocycles. The Kier molecular flexibility index (Phi) is 5.83. The van der Waals surface area contributed by atoms with Gasteiger partial charge in [0.05, 0.1) is 14.2 Å². The zero-order valence-corrected chi connectivity index (χ0v) is 16.3. The lowest BCUT2D eigenvalue weighted by atomic mass is 10.1. The number of aryl methyl sites for hydroxylation is 1. The average Bonchev–Trinajstić information content (AvgIpc) is 3.09. The van der Waals surface area contributed by atoms with Crippen molar-refractivity contribution in [3.63, 3.8) is 0 Å². The van der Waals surface area contributed by atoms with E-state index in [0.29, 0.717) is 0 Å². The predicted octanol–water partition coefficient (Wildman–Crippen LogP) is 4.58. The van der Waals surface area contributed by atoms with E-state index in [1.54, 1.807) is 26.0 Å². The number of aromatic nitrogens is 3. The first-order valence-corrected chi connectivity index (χ1v) is 9.48. The number of hydrogen-bond donors (Lipinski definition) is 0. The monoisotopic (exact) mass is 369 g/mol. The van der Waals surface area contributed by atoms with Crippen LogP contribution < -0.4 is 9.47 Å². The summed E-state index contributed by atoms with van der Waals surface area (Å²) >= 11 is 1.67. The van der Waals surface area contributed by atoms with Crippen molar-refractivity contribution in [2.24, 2.45) is 0 Å². The molecule has 0 aliphatic rings. The Morgan fingerprint density at radius 3 is 2.42 bits per heavy atom. The van der Waals surface area contributed by atoms with Crippen molar-refractivity contribution in [3.05, 3.63) is 53.6 Å². The van der Waals surface area contributed by atoms with Gasteiger partial charge in [-0.05, 0) is 44.2 Å². The Labute approximate surface area is 158 Å². The normalized spacial score (nSPS) is 10.8. The quantitative estimate of drug-likeness (QED) is 0.571. The molecule has 3 aromatic rings. The number of thioether (sulfide) groups is 1. The van der Waals surface area contributed by atoms with E-state index < -0.39 is 0 Å². The summed E-state index contributed by atoms with van der Waals surface area (Å²) in [4.78, 5) is 0. The molecule has 0 spiro atoms. The molecule has 5 nitrogen and oxygen atoms in total. The molecule has 1 heterocycles. The van der Waals surface area contributed by atoms with Crippen molar-refractivity contribution in [2.75, 3.05) is 14.2 Å². The summed E-state index contributed by atoms with van der Waals surface area (Å²) in [5.41, 5.74) is 3.41. The number of benzene rings is 2. The fraction of sp³-hybridized carbons (Fsp3) is 0.300. The van der Waals surface area contributed by atoms with Crippen molar-refractivity contribution >= 4 is 11.8 Å². The molecule has 6 heteroatoms. The van der Waals surface area contributed by atoms with E-state index in [0.717, 1.165) is 45.9 Å². The molecular weight excluding hydrogens is 346 g/mol. The van der Waals surface area contributed by atoms with E-state index in [1.807, 2.05) is 30.3 Å². The molecule has 2 aromatic carbocycles. The third kappa shape index (κ3) is 3.85. The summed E-state index contributed by atoms with van der Waals surface area (Å²) < 4.78 is 12.8. The third-order valence-electron chi connectivity index (χ3n) is 4.17. The maximum Gasteiger partial charge on any atom is 0.191 e. The van der Waals surface area contributed by atoms with E-state index in [9.17, 15) is 0 Å². The molecule has 0 fully saturated rings. The Hall–Kier alpha value is -2.47. The van der Waals surface area contributed by atoms with Crippen LogP contribution in [0.1, 0.15) is 18.1 Å². The first-order valence-electron chi connectivity index (χ1n) is 8.50. The second kappa shape index (κ2) is 8.27. The second-order valence-corrected chi connectivity index (χ2v) is 6.83. The minimum atomic E-state index is 0.783. The van der Waals surface area contributed by atoms with Crippen molar-refractivity contribution in [2.45, 2.75) is 31.3 Å². The highest BCUT2D eigenvalue weighted by Gasteiger charge is 2.14. The first-order chi connectivity index (χ1) is 12.7. The van der Waals surface area contributed by atoms with Gasteiger partial charge in [0, 0.05) is 23.4 Å². The molecule has 136 valence electrons. The van der Waals surface area contributed by atoms with Crippen LogP contribution in [0.2, 0.25) is 0 Å². The molecule has 0 aliphatic heterocycles. The minimum absolute atomic E-state index is 0.783. The van der Waals surface area contributed by atoms with E-state index in [-0.39, 0.29) is 0 Å². The molecule has 0 amide bonds. The number of methoxy groups -OCH3 is 2. The lowest BCUT2D eigenvalue weighted by Gasteiger charge is -2.10. The van der Waals surface area contributed by atoms with Gasteiger partial charge in [-0.3, -0.25) is 0 Å². The van der Waals surface area contributed by atoms with Crippen LogP contribution in [-0.4, -0.2) is 29.0 Å². The maximum absolute atomic E-state index is 5.47.